The normalized spacial score (nSPS) is 19.7. The molecule has 1 spiro atoms. The number of para-hydroxylation sites is 1. The Labute approximate surface area is 180 Å². The third-order valence-electron chi connectivity index (χ3n) is 6.11. The number of rotatable bonds is 3. The van der Waals surface area contributed by atoms with Gasteiger partial charge in [-0.1, -0.05) is 79.6 Å². The van der Waals surface area contributed by atoms with Crippen molar-refractivity contribution >= 4 is 23.4 Å². The van der Waals surface area contributed by atoms with Crippen LogP contribution in [0, 0.1) is 6.92 Å². The zero-order chi connectivity index (χ0) is 20.6. The molecule has 2 aromatic carbocycles. The van der Waals surface area contributed by atoms with E-state index in [1.54, 1.807) is 0 Å². The second-order valence-electron chi connectivity index (χ2n) is 8.14. The summed E-state index contributed by atoms with van der Waals surface area (Å²) in [6, 6.07) is 18.0. The summed E-state index contributed by atoms with van der Waals surface area (Å²) in [7, 11) is 0. The summed E-state index contributed by atoms with van der Waals surface area (Å²) in [4.78, 5) is 13.5. The molecule has 30 heavy (non-hydrogen) atoms. The average Bonchev–Trinajstić information content (AvgIpc) is 3.18. The van der Waals surface area contributed by atoms with Gasteiger partial charge in [0.2, 0.25) is 11.1 Å². The Bertz CT molecular complexity index is 1060. The van der Waals surface area contributed by atoms with Crippen LogP contribution in [-0.2, 0) is 4.79 Å². The van der Waals surface area contributed by atoms with Crippen molar-refractivity contribution < 1.29 is 4.79 Å². The van der Waals surface area contributed by atoms with Gasteiger partial charge in [-0.25, -0.2) is 4.68 Å². The van der Waals surface area contributed by atoms with E-state index in [1.807, 2.05) is 66.2 Å². The molecule has 0 radical (unpaired) electrons. The van der Waals surface area contributed by atoms with Gasteiger partial charge in [0.05, 0.1) is 5.54 Å². The third kappa shape index (κ3) is 3.37. The number of carbonyl (C=O) groups excluding carboxylic acids is 1. The number of benzene rings is 2. The highest BCUT2D eigenvalue weighted by Gasteiger charge is 2.49. The van der Waals surface area contributed by atoms with Crippen molar-refractivity contribution in [1.82, 2.24) is 14.9 Å². The van der Waals surface area contributed by atoms with Gasteiger partial charge in [-0.05, 0) is 31.4 Å². The van der Waals surface area contributed by atoms with E-state index < -0.39 is 0 Å². The Morgan fingerprint density at radius 1 is 1.07 bits per heavy atom. The molecule has 1 amide bonds. The van der Waals surface area contributed by atoms with Crippen LogP contribution >= 0.6 is 11.8 Å². The van der Waals surface area contributed by atoms with E-state index in [1.165, 1.54) is 18.2 Å². The van der Waals surface area contributed by atoms with Crippen molar-refractivity contribution in [1.29, 1.82) is 0 Å². The molecule has 1 aliphatic carbocycles. The number of amides is 1. The molecular formula is C23H25N5OS. The molecule has 1 atom stereocenters. The molecule has 3 aromatic rings. The predicted molar refractivity (Wildman–Crippen MR) is 120 cm³/mol. The predicted octanol–water partition coefficient (Wildman–Crippen LogP) is 4.61. The van der Waals surface area contributed by atoms with Crippen molar-refractivity contribution in [3.63, 3.8) is 0 Å². The molecule has 2 heterocycles. The Morgan fingerprint density at radius 2 is 1.80 bits per heavy atom. The maximum absolute atomic E-state index is 13.5. The molecule has 1 saturated carbocycles. The summed E-state index contributed by atoms with van der Waals surface area (Å²) >= 11 is 1.53. The lowest BCUT2D eigenvalue weighted by Crippen LogP contribution is -2.59. The molecule has 1 aromatic heterocycles. The Balaban J connectivity index is 1.50. The molecule has 2 N–H and O–H groups in total. The minimum absolute atomic E-state index is 0.0270. The topological polar surface area (TPSA) is 71.8 Å². The van der Waals surface area contributed by atoms with Crippen LogP contribution in [0.5, 0.6) is 0 Å². The monoisotopic (exact) mass is 419 g/mol. The summed E-state index contributed by atoms with van der Waals surface area (Å²) < 4.78 is 1.99. The van der Waals surface area contributed by atoms with Crippen LogP contribution in [0.15, 0.2) is 59.8 Å². The highest BCUT2D eigenvalue weighted by atomic mass is 32.2. The number of nitrogens with one attached hydrogen (secondary N) is 2. The molecular weight excluding hydrogens is 394 g/mol. The van der Waals surface area contributed by atoms with Crippen LogP contribution in [0.25, 0.3) is 11.4 Å². The first kappa shape index (κ1) is 19.2. The van der Waals surface area contributed by atoms with Gasteiger partial charge in [0.25, 0.3) is 0 Å². The smallest absolute Gasteiger partial charge is 0.240 e. The van der Waals surface area contributed by atoms with Gasteiger partial charge in [-0.3, -0.25) is 4.79 Å². The van der Waals surface area contributed by atoms with Crippen LogP contribution in [0.4, 0.5) is 5.69 Å². The van der Waals surface area contributed by atoms with Crippen molar-refractivity contribution in [3.8, 4) is 11.4 Å². The molecule has 0 saturated heterocycles. The minimum atomic E-state index is -0.311. The van der Waals surface area contributed by atoms with Crippen LogP contribution in [0.1, 0.15) is 37.7 Å². The Morgan fingerprint density at radius 3 is 2.57 bits per heavy atom. The van der Waals surface area contributed by atoms with Crippen LogP contribution < -0.4 is 10.7 Å². The highest BCUT2D eigenvalue weighted by Crippen LogP contribution is 2.44. The van der Waals surface area contributed by atoms with E-state index in [9.17, 15) is 4.79 Å². The van der Waals surface area contributed by atoms with Crippen LogP contribution in [0.2, 0.25) is 0 Å². The SMILES string of the molecule is Cc1ccccc1NC(=O)[C@@H]1Sc2nnc(-c3ccccc3)n2NC12CCCCC2. The quantitative estimate of drug-likeness (QED) is 0.648. The van der Waals surface area contributed by atoms with Crippen LogP contribution in [-0.4, -0.2) is 31.6 Å². The lowest BCUT2D eigenvalue weighted by atomic mass is 9.79. The number of carbonyl (C=O) groups is 1. The lowest BCUT2D eigenvalue weighted by molar-refractivity contribution is -0.117. The Hall–Kier alpha value is -2.80. The molecule has 6 nitrogen and oxygen atoms in total. The second-order valence-corrected chi connectivity index (χ2v) is 9.21. The molecule has 5 rings (SSSR count). The second kappa shape index (κ2) is 7.80. The summed E-state index contributed by atoms with van der Waals surface area (Å²) in [6.45, 7) is 2.01. The number of nitrogens with zero attached hydrogens (tertiary/aromatic N) is 3. The summed E-state index contributed by atoms with van der Waals surface area (Å²) in [6.07, 6.45) is 5.34. The summed E-state index contributed by atoms with van der Waals surface area (Å²) in [5.41, 5.74) is 6.33. The largest absolute Gasteiger partial charge is 0.325 e. The first-order valence-electron chi connectivity index (χ1n) is 10.5. The summed E-state index contributed by atoms with van der Waals surface area (Å²) in [5, 5.41) is 12.5. The molecule has 2 aliphatic rings. The number of fused-ring (bicyclic) bond motifs is 1. The van der Waals surface area contributed by atoms with Crippen molar-refractivity contribution in [2.75, 3.05) is 10.7 Å². The molecule has 154 valence electrons. The molecule has 0 bridgehead atoms. The number of anilines is 1. The third-order valence-corrected chi connectivity index (χ3v) is 7.49. The van der Waals surface area contributed by atoms with E-state index in [-0.39, 0.29) is 16.7 Å². The van der Waals surface area contributed by atoms with E-state index >= 15 is 0 Å². The number of aryl methyl sites for hydroxylation is 1. The number of hydrogen-bond acceptors (Lipinski definition) is 5. The van der Waals surface area contributed by atoms with Gasteiger partial charge in [0.15, 0.2) is 5.82 Å². The first-order valence-corrected chi connectivity index (χ1v) is 11.4. The fourth-order valence-electron chi connectivity index (χ4n) is 4.49. The summed E-state index contributed by atoms with van der Waals surface area (Å²) in [5.74, 6) is 0.819. The van der Waals surface area contributed by atoms with Crippen molar-refractivity contribution in [2.45, 2.75) is 55.0 Å². The molecule has 1 aliphatic heterocycles. The fourth-order valence-corrected chi connectivity index (χ4v) is 5.71. The highest BCUT2D eigenvalue weighted by molar-refractivity contribution is 8.00. The van der Waals surface area contributed by atoms with Gasteiger partial charge in [-0.15, -0.1) is 10.2 Å². The molecule has 1 fully saturated rings. The average molecular weight is 420 g/mol. The molecule has 0 unspecified atom stereocenters. The zero-order valence-corrected chi connectivity index (χ0v) is 17.8. The minimum Gasteiger partial charge on any atom is -0.325 e. The van der Waals surface area contributed by atoms with E-state index in [0.29, 0.717) is 0 Å². The lowest BCUT2D eigenvalue weighted by Gasteiger charge is -2.46. The van der Waals surface area contributed by atoms with Gasteiger partial charge in [0, 0.05) is 11.3 Å². The number of aromatic nitrogens is 3. The van der Waals surface area contributed by atoms with Gasteiger partial charge >= 0.3 is 0 Å². The maximum atomic E-state index is 13.5. The Kier molecular flexibility index (Phi) is 4.98. The van der Waals surface area contributed by atoms with Crippen molar-refractivity contribution in [3.05, 3.63) is 60.2 Å². The first-order chi connectivity index (χ1) is 14.7. The number of hydrogen-bond donors (Lipinski definition) is 2. The van der Waals surface area contributed by atoms with Crippen molar-refractivity contribution in [2.24, 2.45) is 0 Å². The van der Waals surface area contributed by atoms with Gasteiger partial charge < -0.3 is 10.7 Å². The maximum Gasteiger partial charge on any atom is 0.240 e. The van der Waals surface area contributed by atoms with Crippen LogP contribution in [0.3, 0.4) is 0 Å². The number of thioether (sulfide) groups is 1. The van der Waals surface area contributed by atoms with E-state index in [2.05, 4.69) is 20.9 Å². The fraction of sp³-hybridized carbons (Fsp3) is 0.348. The molecule has 7 heteroatoms. The zero-order valence-electron chi connectivity index (χ0n) is 17.0. The van der Waals surface area contributed by atoms with Gasteiger partial charge in [0.1, 0.15) is 5.25 Å². The van der Waals surface area contributed by atoms with E-state index in [0.717, 1.165) is 53.5 Å². The standard InChI is InChI=1S/C23H25N5OS/c1-16-10-6-7-13-18(16)24-21(29)19-23(14-8-3-9-15-23)27-28-20(25-26-22(28)30-19)17-11-4-2-5-12-17/h2,4-7,10-13,19,27H,3,8-9,14-15H2,1H3,(H,24,29)/t19-/m0/s1. The van der Waals surface area contributed by atoms with Gasteiger partial charge in [-0.2, -0.15) is 0 Å². The van der Waals surface area contributed by atoms with E-state index in [4.69, 9.17) is 0 Å².